The van der Waals surface area contributed by atoms with Crippen molar-refractivity contribution in [1.82, 2.24) is 19.9 Å². The van der Waals surface area contributed by atoms with Gasteiger partial charge in [0.15, 0.2) is 11.5 Å². The van der Waals surface area contributed by atoms with Crippen LogP contribution < -0.4 is 5.32 Å². The molecule has 2 heterocycles. The third kappa shape index (κ3) is 2.11. The maximum Gasteiger partial charge on any atom is 0.307 e. The first kappa shape index (κ1) is 12.6. The van der Waals surface area contributed by atoms with Gasteiger partial charge in [0, 0.05) is 6.20 Å². The maximum atomic E-state index is 11.9. The highest BCUT2D eigenvalue weighted by Gasteiger charge is 2.48. The normalized spacial score (nSPS) is 22.4. The van der Waals surface area contributed by atoms with Gasteiger partial charge in [0.25, 0.3) is 0 Å². The number of hydrogen-bond acceptors (Lipinski definition) is 4. The number of carboxylic acid groups (broad SMARTS) is 1. The second-order valence-electron chi connectivity index (χ2n) is 5.00. The fourth-order valence-corrected chi connectivity index (χ4v) is 2.30. The summed E-state index contributed by atoms with van der Waals surface area (Å²) < 4.78 is 1.80. The standard InChI is InChI=1S/C13H14N4O3/c1-7(14-12(18)8-6-9(8)13(19)20)11-16-15-10-4-2-3-5-17(10)11/h2-5,7-9H,6H2,1H3,(H,14,18)(H,19,20). The number of rotatable bonds is 4. The molecule has 0 bridgehead atoms. The molecule has 7 heteroatoms. The van der Waals surface area contributed by atoms with Crippen LogP contribution in [0.15, 0.2) is 24.4 Å². The summed E-state index contributed by atoms with van der Waals surface area (Å²) >= 11 is 0. The van der Waals surface area contributed by atoms with Gasteiger partial charge in [-0.05, 0) is 25.5 Å². The predicted octanol–water partition coefficient (Wildman–Crippen LogP) is 0.627. The van der Waals surface area contributed by atoms with Crippen molar-refractivity contribution in [3.05, 3.63) is 30.2 Å². The Hall–Kier alpha value is -2.44. The molecule has 0 aliphatic heterocycles. The highest BCUT2D eigenvalue weighted by Crippen LogP contribution is 2.39. The van der Waals surface area contributed by atoms with Crippen molar-refractivity contribution in [2.45, 2.75) is 19.4 Å². The minimum absolute atomic E-state index is 0.238. The molecule has 0 saturated heterocycles. The van der Waals surface area contributed by atoms with Crippen molar-refractivity contribution >= 4 is 17.5 Å². The molecule has 1 saturated carbocycles. The van der Waals surface area contributed by atoms with Crippen LogP contribution in [0.5, 0.6) is 0 Å². The fraction of sp³-hybridized carbons (Fsp3) is 0.385. The van der Waals surface area contributed by atoms with Gasteiger partial charge in [0.05, 0.1) is 17.9 Å². The lowest BCUT2D eigenvalue weighted by Crippen LogP contribution is -2.30. The van der Waals surface area contributed by atoms with Gasteiger partial charge in [0.2, 0.25) is 5.91 Å². The van der Waals surface area contributed by atoms with Crippen LogP contribution in [0.1, 0.15) is 25.2 Å². The average Bonchev–Trinajstić information content (AvgIpc) is 3.12. The Morgan fingerprint density at radius 3 is 2.90 bits per heavy atom. The number of carbonyl (C=O) groups is 2. The zero-order valence-corrected chi connectivity index (χ0v) is 10.9. The third-order valence-corrected chi connectivity index (χ3v) is 3.53. The molecule has 7 nitrogen and oxygen atoms in total. The number of pyridine rings is 1. The lowest BCUT2D eigenvalue weighted by molar-refractivity contribution is -0.140. The number of nitrogens with zero attached hydrogens (tertiary/aromatic N) is 3. The van der Waals surface area contributed by atoms with Crippen LogP contribution in [0.2, 0.25) is 0 Å². The van der Waals surface area contributed by atoms with E-state index in [0.717, 1.165) is 0 Å². The summed E-state index contributed by atoms with van der Waals surface area (Å²) in [5.74, 6) is -1.49. The van der Waals surface area contributed by atoms with E-state index in [-0.39, 0.29) is 11.9 Å². The Bertz CT molecular complexity index is 681. The molecule has 0 radical (unpaired) electrons. The van der Waals surface area contributed by atoms with Gasteiger partial charge in [-0.3, -0.25) is 14.0 Å². The van der Waals surface area contributed by atoms with Gasteiger partial charge >= 0.3 is 5.97 Å². The van der Waals surface area contributed by atoms with Crippen LogP contribution in [-0.2, 0) is 9.59 Å². The molecule has 1 fully saturated rings. The molecular weight excluding hydrogens is 260 g/mol. The first-order chi connectivity index (χ1) is 9.58. The Kier molecular flexibility index (Phi) is 2.89. The number of carboxylic acids is 1. The summed E-state index contributed by atoms with van der Waals surface area (Å²) in [5.41, 5.74) is 0.707. The summed E-state index contributed by atoms with van der Waals surface area (Å²) in [7, 11) is 0. The number of hydrogen-bond donors (Lipinski definition) is 2. The Morgan fingerprint density at radius 2 is 2.20 bits per heavy atom. The van der Waals surface area contributed by atoms with Gasteiger partial charge < -0.3 is 10.4 Å². The van der Waals surface area contributed by atoms with Gasteiger partial charge in [-0.25, -0.2) is 0 Å². The quantitative estimate of drug-likeness (QED) is 0.852. The third-order valence-electron chi connectivity index (χ3n) is 3.53. The molecule has 2 N–H and O–H groups in total. The zero-order chi connectivity index (χ0) is 14.3. The first-order valence-electron chi connectivity index (χ1n) is 6.41. The number of carbonyl (C=O) groups excluding carboxylic acids is 1. The second kappa shape index (κ2) is 4.59. The smallest absolute Gasteiger partial charge is 0.307 e. The van der Waals surface area contributed by atoms with Gasteiger partial charge in [-0.15, -0.1) is 10.2 Å². The highest BCUT2D eigenvalue weighted by atomic mass is 16.4. The molecular formula is C13H14N4O3. The molecule has 0 aromatic carbocycles. The maximum absolute atomic E-state index is 11.9. The summed E-state index contributed by atoms with van der Waals surface area (Å²) in [5, 5.41) is 19.7. The fourth-order valence-electron chi connectivity index (χ4n) is 2.30. The molecule has 20 heavy (non-hydrogen) atoms. The summed E-state index contributed by atoms with van der Waals surface area (Å²) in [6.07, 6.45) is 2.24. The van der Waals surface area contributed by atoms with Gasteiger partial charge in [-0.1, -0.05) is 6.07 Å². The number of fused-ring (bicyclic) bond motifs is 1. The van der Waals surface area contributed by atoms with Gasteiger partial charge in [-0.2, -0.15) is 0 Å². The SMILES string of the molecule is CC(NC(=O)C1CC1C(=O)O)c1nnc2ccccn12. The minimum atomic E-state index is -0.911. The van der Waals surface area contributed by atoms with E-state index < -0.39 is 17.8 Å². The van der Waals surface area contributed by atoms with E-state index >= 15 is 0 Å². The van der Waals surface area contributed by atoms with Crippen LogP contribution in [-0.4, -0.2) is 31.6 Å². The second-order valence-corrected chi connectivity index (χ2v) is 5.00. The summed E-state index contributed by atoms with van der Waals surface area (Å²) in [6.45, 7) is 1.81. The minimum Gasteiger partial charge on any atom is -0.481 e. The topological polar surface area (TPSA) is 96.6 Å². The number of aliphatic carboxylic acids is 1. The van der Waals surface area contributed by atoms with E-state index in [9.17, 15) is 9.59 Å². The molecule has 0 spiro atoms. The Labute approximate surface area is 114 Å². The van der Waals surface area contributed by atoms with E-state index in [0.29, 0.717) is 17.9 Å². The summed E-state index contributed by atoms with van der Waals surface area (Å²) in [6, 6.07) is 5.22. The Morgan fingerprint density at radius 1 is 1.40 bits per heavy atom. The Balaban J connectivity index is 1.72. The average molecular weight is 274 g/mol. The van der Waals surface area contributed by atoms with Crippen LogP contribution in [0.3, 0.4) is 0 Å². The van der Waals surface area contributed by atoms with E-state index in [1.165, 1.54) is 0 Å². The van der Waals surface area contributed by atoms with Crippen LogP contribution in [0.25, 0.3) is 5.65 Å². The van der Waals surface area contributed by atoms with Crippen molar-refractivity contribution < 1.29 is 14.7 Å². The largest absolute Gasteiger partial charge is 0.481 e. The number of nitrogens with one attached hydrogen (secondary N) is 1. The van der Waals surface area contributed by atoms with E-state index in [4.69, 9.17) is 5.11 Å². The van der Waals surface area contributed by atoms with Crippen molar-refractivity contribution in [3.63, 3.8) is 0 Å². The lowest BCUT2D eigenvalue weighted by atomic mass is 10.2. The zero-order valence-electron chi connectivity index (χ0n) is 10.9. The van der Waals surface area contributed by atoms with Gasteiger partial charge in [0.1, 0.15) is 0 Å². The monoisotopic (exact) mass is 274 g/mol. The van der Waals surface area contributed by atoms with E-state index in [1.807, 2.05) is 24.4 Å². The molecule has 1 aliphatic rings. The highest BCUT2D eigenvalue weighted by molar-refractivity contribution is 5.89. The molecule has 2 aromatic heterocycles. The van der Waals surface area contributed by atoms with Crippen molar-refractivity contribution in [3.8, 4) is 0 Å². The molecule has 3 unspecified atom stereocenters. The molecule has 1 amide bonds. The van der Waals surface area contributed by atoms with Crippen molar-refractivity contribution in [1.29, 1.82) is 0 Å². The molecule has 104 valence electrons. The predicted molar refractivity (Wildman–Crippen MR) is 68.8 cm³/mol. The number of amides is 1. The van der Waals surface area contributed by atoms with Crippen LogP contribution in [0, 0.1) is 11.8 Å². The lowest BCUT2D eigenvalue weighted by Gasteiger charge is -2.12. The molecule has 3 atom stereocenters. The van der Waals surface area contributed by atoms with Crippen molar-refractivity contribution in [2.24, 2.45) is 11.8 Å². The molecule has 1 aliphatic carbocycles. The van der Waals surface area contributed by atoms with E-state index in [1.54, 1.807) is 11.3 Å². The van der Waals surface area contributed by atoms with Crippen LogP contribution >= 0.6 is 0 Å². The first-order valence-corrected chi connectivity index (χ1v) is 6.41. The molecule has 3 rings (SSSR count). The van der Waals surface area contributed by atoms with E-state index in [2.05, 4.69) is 15.5 Å². The van der Waals surface area contributed by atoms with Crippen molar-refractivity contribution in [2.75, 3.05) is 0 Å². The molecule has 2 aromatic rings. The number of aromatic nitrogens is 3. The summed E-state index contributed by atoms with van der Waals surface area (Å²) in [4.78, 5) is 22.7. The van der Waals surface area contributed by atoms with Crippen LogP contribution in [0.4, 0.5) is 0 Å².